The van der Waals surface area contributed by atoms with E-state index in [2.05, 4.69) is 4.72 Å². The van der Waals surface area contributed by atoms with E-state index in [1.54, 1.807) is 36.2 Å². The first-order chi connectivity index (χ1) is 13.3. The van der Waals surface area contributed by atoms with E-state index in [0.29, 0.717) is 22.9 Å². The Labute approximate surface area is 168 Å². The van der Waals surface area contributed by atoms with Gasteiger partial charge in [-0.1, -0.05) is 23.7 Å². The Morgan fingerprint density at radius 1 is 1.11 bits per heavy atom. The largest absolute Gasteiger partial charge is 0.468 e. The van der Waals surface area contributed by atoms with Crippen LogP contribution in [0.15, 0.2) is 76.2 Å². The number of nitrogens with zero attached hydrogens (tertiary/aromatic N) is 1. The molecule has 3 rings (SSSR count). The van der Waals surface area contributed by atoms with Crippen molar-refractivity contribution >= 4 is 27.5 Å². The van der Waals surface area contributed by atoms with Crippen molar-refractivity contribution in [2.45, 2.75) is 18.0 Å². The normalized spacial score (nSPS) is 11.4. The zero-order valence-corrected chi connectivity index (χ0v) is 16.7. The van der Waals surface area contributed by atoms with Gasteiger partial charge < -0.3 is 9.32 Å². The van der Waals surface area contributed by atoms with E-state index >= 15 is 0 Å². The van der Waals surface area contributed by atoms with Crippen molar-refractivity contribution in [2.24, 2.45) is 0 Å². The number of sulfonamides is 1. The van der Waals surface area contributed by atoms with E-state index in [1.165, 1.54) is 30.5 Å². The van der Waals surface area contributed by atoms with E-state index in [-0.39, 0.29) is 17.3 Å². The van der Waals surface area contributed by atoms with Gasteiger partial charge >= 0.3 is 0 Å². The topological polar surface area (TPSA) is 79.6 Å². The fourth-order valence-electron chi connectivity index (χ4n) is 2.64. The molecule has 146 valence electrons. The van der Waals surface area contributed by atoms with Crippen LogP contribution in [0, 0.1) is 0 Å². The molecule has 0 atom stereocenters. The molecule has 1 heterocycles. The average molecular weight is 419 g/mol. The van der Waals surface area contributed by atoms with Crippen LogP contribution in [0.3, 0.4) is 0 Å². The zero-order chi connectivity index (χ0) is 20.1. The van der Waals surface area contributed by atoms with Gasteiger partial charge in [-0.15, -0.1) is 0 Å². The predicted octanol–water partition coefficient (Wildman–Crippen LogP) is 3.68. The second-order valence-electron chi connectivity index (χ2n) is 6.22. The SMILES string of the molecule is CN(Cc1cccc(Cl)c1)C(=O)c1ccc(S(=O)(=O)NCc2ccco2)cc1. The molecule has 6 nitrogen and oxygen atoms in total. The van der Waals surface area contributed by atoms with Crippen molar-refractivity contribution in [3.8, 4) is 0 Å². The number of hydrogen-bond donors (Lipinski definition) is 1. The lowest BCUT2D eigenvalue weighted by Crippen LogP contribution is -2.26. The molecule has 1 N–H and O–H groups in total. The fraction of sp³-hybridized carbons (Fsp3) is 0.150. The third kappa shape index (κ3) is 5.01. The van der Waals surface area contributed by atoms with Crippen LogP contribution in [0.4, 0.5) is 0 Å². The lowest BCUT2D eigenvalue weighted by molar-refractivity contribution is 0.0785. The molecule has 0 aliphatic heterocycles. The first-order valence-corrected chi connectivity index (χ1v) is 10.3. The van der Waals surface area contributed by atoms with Crippen LogP contribution in [0.5, 0.6) is 0 Å². The number of hydrogen-bond acceptors (Lipinski definition) is 4. The standard InChI is InChI=1S/C20H19ClN2O4S/c1-23(14-15-4-2-5-17(21)12-15)20(24)16-7-9-19(10-8-16)28(25,26)22-13-18-6-3-11-27-18/h2-12,22H,13-14H2,1H3. The lowest BCUT2D eigenvalue weighted by Gasteiger charge is -2.17. The first-order valence-electron chi connectivity index (χ1n) is 8.47. The Kier molecular flexibility index (Phi) is 6.18. The van der Waals surface area contributed by atoms with Crippen molar-refractivity contribution in [1.82, 2.24) is 9.62 Å². The van der Waals surface area contributed by atoms with Gasteiger partial charge in [-0.25, -0.2) is 13.1 Å². The summed E-state index contributed by atoms with van der Waals surface area (Å²) >= 11 is 5.97. The maximum Gasteiger partial charge on any atom is 0.253 e. The van der Waals surface area contributed by atoms with E-state index in [4.69, 9.17) is 16.0 Å². The summed E-state index contributed by atoms with van der Waals surface area (Å²) in [5.74, 6) is 0.297. The molecule has 2 aromatic carbocycles. The van der Waals surface area contributed by atoms with E-state index < -0.39 is 10.0 Å². The minimum Gasteiger partial charge on any atom is -0.468 e. The van der Waals surface area contributed by atoms with Gasteiger partial charge in [0, 0.05) is 24.2 Å². The van der Waals surface area contributed by atoms with Crippen molar-refractivity contribution in [3.63, 3.8) is 0 Å². The summed E-state index contributed by atoms with van der Waals surface area (Å²) in [7, 11) is -2.02. The summed E-state index contributed by atoms with van der Waals surface area (Å²) in [6.07, 6.45) is 1.48. The predicted molar refractivity (Wildman–Crippen MR) is 106 cm³/mol. The van der Waals surface area contributed by atoms with Crippen LogP contribution in [-0.4, -0.2) is 26.3 Å². The highest BCUT2D eigenvalue weighted by atomic mass is 35.5. The number of halogens is 1. The Bertz CT molecular complexity index is 1050. The quantitative estimate of drug-likeness (QED) is 0.634. The molecular weight excluding hydrogens is 400 g/mol. The smallest absolute Gasteiger partial charge is 0.253 e. The molecule has 0 aliphatic carbocycles. The summed E-state index contributed by atoms with van der Waals surface area (Å²) < 4.78 is 32.3. The molecule has 0 saturated heterocycles. The molecule has 0 spiro atoms. The Balaban J connectivity index is 1.66. The first kappa shape index (κ1) is 20.1. The van der Waals surface area contributed by atoms with Crippen molar-refractivity contribution in [2.75, 3.05) is 7.05 Å². The molecular formula is C20H19ClN2O4S. The molecule has 0 aliphatic rings. The minimum absolute atomic E-state index is 0.0540. The highest BCUT2D eigenvalue weighted by molar-refractivity contribution is 7.89. The molecule has 8 heteroatoms. The third-order valence-corrected chi connectivity index (χ3v) is 5.74. The summed E-state index contributed by atoms with van der Waals surface area (Å²) in [5, 5.41) is 0.606. The minimum atomic E-state index is -3.70. The van der Waals surface area contributed by atoms with Gasteiger partial charge in [-0.2, -0.15) is 0 Å². The van der Waals surface area contributed by atoms with Gasteiger partial charge in [0.2, 0.25) is 10.0 Å². The molecule has 0 radical (unpaired) electrons. The van der Waals surface area contributed by atoms with Crippen LogP contribution < -0.4 is 4.72 Å². The molecule has 1 aromatic heterocycles. The Morgan fingerprint density at radius 2 is 1.86 bits per heavy atom. The second kappa shape index (κ2) is 8.60. The highest BCUT2D eigenvalue weighted by Gasteiger charge is 2.17. The molecule has 28 heavy (non-hydrogen) atoms. The maximum atomic E-state index is 12.6. The third-order valence-electron chi connectivity index (χ3n) is 4.08. The Hall–Kier alpha value is -2.61. The van der Waals surface area contributed by atoms with E-state index in [9.17, 15) is 13.2 Å². The van der Waals surface area contributed by atoms with Crippen LogP contribution >= 0.6 is 11.6 Å². The van der Waals surface area contributed by atoms with Gasteiger partial charge in [-0.05, 0) is 54.1 Å². The highest BCUT2D eigenvalue weighted by Crippen LogP contribution is 2.16. The molecule has 0 fully saturated rings. The molecule has 0 saturated carbocycles. The summed E-state index contributed by atoms with van der Waals surface area (Å²) in [5.41, 5.74) is 1.30. The van der Waals surface area contributed by atoms with Crippen LogP contribution in [0.25, 0.3) is 0 Å². The fourth-order valence-corrected chi connectivity index (χ4v) is 3.85. The van der Waals surface area contributed by atoms with Crippen molar-refractivity contribution in [1.29, 1.82) is 0 Å². The maximum absolute atomic E-state index is 12.6. The monoisotopic (exact) mass is 418 g/mol. The second-order valence-corrected chi connectivity index (χ2v) is 8.42. The number of rotatable bonds is 7. The summed E-state index contributed by atoms with van der Waals surface area (Å²) in [6.45, 7) is 0.447. The van der Waals surface area contributed by atoms with Gasteiger partial charge in [0.05, 0.1) is 17.7 Å². The van der Waals surface area contributed by atoms with Crippen LogP contribution in [0.2, 0.25) is 5.02 Å². The van der Waals surface area contributed by atoms with E-state index in [0.717, 1.165) is 5.56 Å². The zero-order valence-electron chi connectivity index (χ0n) is 15.1. The van der Waals surface area contributed by atoms with Gasteiger partial charge in [-0.3, -0.25) is 4.79 Å². The van der Waals surface area contributed by atoms with Crippen molar-refractivity contribution < 1.29 is 17.6 Å². The van der Waals surface area contributed by atoms with Crippen LogP contribution in [-0.2, 0) is 23.1 Å². The number of amides is 1. The Morgan fingerprint density at radius 3 is 2.50 bits per heavy atom. The number of carbonyl (C=O) groups is 1. The van der Waals surface area contributed by atoms with Gasteiger partial charge in [0.15, 0.2) is 0 Å². The molecule has 1 amide bonds. The summed E-state index contributed by atoms with van der Waals surface area (Å²) in [4.78, 5) is 14.2. The lowest BCUT2D eigenvalue weighted by atomic mass is 10.1. The van der Waals surface area contributed by atoms with Gasteiger partial charge in [0.1, 0.15) is 5.76 Å². The van der Waals surface area contributed by atoms with Gasteiger partial charge in [0.25, 0.3) is 5.91 Å². The number of benzene rings is 2. The number of nitrogens with one attached hydrogen (secondary N) is 1. The summed E-state index contributed by atoms with van der Waals surface area (Å²) in [6, 6.07) is 16.5. The number of carbonyl (C=O) groups excluding carboxylic acids is 1. The molecule has 0 unspecified atom stereocenters. The van der Waals surface area contributed by atoms with Crippen molar-refractivity contribution in [3.05, 3.63) is 88.8 Å². The van der Waals surface area contributed by atoms with Crippen LogP contribution in [0.1, 0.15) is 21.7 Å². The van der Waals surface area contributed by atoms with E-state index in [1.807, 2.05) is 12.1 Å². The average Bonchev–Trinajstić information content (AvgIpc) is 3.20. The molecule has 0 bridgehead atoms. The molecule has 3 aromatic rings. The number of furan rings is 1.